The number of carbonyl (C=O) groups excluding carboxylic acids is 1. The van der Waals surface area contributed by atoms with E-state index in [1.54, 1.807) is 6.07 Å². The molecule has 0 saturated heterocycles. The van der Waals surface area contributed by atoms with Crippen LogP contribution >= 0.6 is 11.3 Å². The number of rotatable bonds is 5. The molecule has 17 heavy (non-hydrogen) atoms. The summed E-state index contributed by atoms with van der Waals surface area (Å²) < 4.78 is 4.74. The zero-order chi connectivity index (χ0) is 13.0. The third-order valence-electron chi connectivity index (χ3n) is 2.33. The molecule has 0 aliphatic rings. The molecule has 1 atom stereocenters. The number of carbonyl (C=O) groups is 2. The smallest absolute Gasteiger partial charge is 0.328 e. The number of hydrogen-bond donors (Lipinski definition) is 2. The SMILES string of the molecule is COCC(NC(=O)c1cc(C)c(C)s1)C(=O)O. The molecule has 0 aliphatic carbocycles. The first-order chi connectivity index (χ1) is 7.95. The van der Waals surface area contributed by atoms with Crippen LogP contribution in [0.4, 0.5) is 0 Å². The number of carboxylic acids is 1. The van der Waals surface area contributed by atoms with Crippen molar-refractivity contribution in [1.29, 1.82) is 0 Å². The fraction of sp³-hybridized carbons (Fsp3) is 0.455. The first kappa shape index (κ1) is 13.7. The van der Waals surface area contributed by atoms with Crippen molar-refractivity contribution in [3.63, 3.8) is 0 Å². The van der Waals surface area contributed by atoms with Crippen LogP contribution in [0.2, 0.25) is 0 Å². The van der Waals surface area contributed by atoms with Crippen molar-refractivity contribution in [2.45, 2.75) is 19.9 Å². The fourth-order valence-corrected chi connectivity index (χ4v) is 2.19. The van der Waals surface area contributed by atoms with E-state index in [0.29, 0.717) is 4.88 Å². The highest BCUT2D eigenvalue weighted by atomic mass is 32.1. The number of hydrogen-bond acceptors (Lipinski definition) is 4. The van der Waals surface area contributed by atoms with Gasteiger partial charge in [0.2, 0.25) is 0 Å². The summed E-state index contributed by atoms with van der Waals surface area (Å²) in [5, 5.41) is 11.3. The van der Waals surface area contributed by atoms with E-state index in [1.165, 1.54) is 18.4 Å². The highest BCUT2D eigenvalue weighted by Gasteiger charge is 2.21. The molecule has 1 aromatic rings. The average Bonchev–Trinajstić information content (AvgIpc) is 2.58. The van der Waals surface area contributed by atoms with Crippen LogP contribution in [0.25, 0.3) is 0 Å². The molecular weight excluding hydrogens is 242 g/mol. The van der Waals surface area contributed by atoms with Crippen LogP contribution in [0.15, 0.2) is 6.07 Å². The lowest BCUT2D eigenvalue weighted by atomic mass is 10.2. The zero-order valence-corrected chi connectivity index (χ0v) is 10.8. The van der Waals surface area contributed by atoms with E-state index in [9.17, 15) is 9.59 Å². The molecular formula is C11H15NO4S. The minimum atomic E-state index is -1.11. The summed E-state index contributed by atoms with van der Waals surface area (Å²) in [6.45, 7) is 3.78. The van der Waals surface area contributed by atoms with Crippen molar-refractivity contribution in [2.24, 2.45) is 0 Å². The number of carboxylic acid groups (broad SMARTS) is 1. The van der Waals surface area contributed by atoms with Gasteiger partial charge in [-0.3, -0.25) is 4.79 Å². The Labute approximate surface area is 103 Å². The van der Waals surface area contributed by atoms with Crippen LogP contribution in [0.3, 0.4) is 0 Å². The first-order valence-corrected chi connectivity index (χ1v) is 5.87. The molecule has 6 heteroatoms. The molecule has 1 heterocycles. The third kappa shape index (κ3) is 3.54. The summed E-state index contributed by atoms with van der Waals surface area (Å²) >= 11 is 1.35. The van der Waals surface area contributed by atoms with Gasteiger partial charge in [-0.1, -0.05) is 0 Å². The molecule has 0 fully saturated rings. The normalized spacial score (nSPS) is 12.2. The minimum absolute atomic E-state index is 0.0512. The maximum absolute atomic E-state index is 11.8. The van der Waals surface area contributed by atoms with Crippen molar-refractivity contribution >= 4 is 23.2 Å². The van der Waals surface area contributed by atoms with Crippen LogP contribution in [0.1, 0.15) is 20.1 Å². The predicted octanol–water partition coefficient (Wildman–Crippen LogP) is 1.19. The van der Waals surface area contributed by atoms with Crippen LogP contribution in [0.5, 0.6) is 0 Å². The van der Waals surface area contributed by atoms with E-state index in [1.807, 2.05) is 13.8 Å². The van der Waals surface area contributed by atoms with Gasteiger partial charge in [0.05, 0.1) is 11.5 Å². The maximum atomic E-state index is 11.8. The van der Waals surface area contributed by atoms with E-state index in [-0.39, 0.29) is 12.5 Å². The Bertz CT molecular complexity index is 408. The van der Waals surface area contributed by atoms with Crippen LogP contribution < -0.4 is 5.32 Å². The van der Waals surface area contributed by atoms with Crippen LogP contribution in [0, 0.1) is 13.8 Å². The van der Waals surface area contributed by atoms with Crippen molar-refractivity contribution < 1.29 is 19.4 Å². The third-order valence-corrected chi connectivity index (χ3v) is 3.48. The van der Waals surface area contributed by atoms with E-state index in [0.717, 1.165) is 10.4 Å². The van der Waals surface area contributed by atoms with Crippen molar-refractivity contribution in [1.82, 2.24) is 5.32 Å². The van der Waals surface area contributed by atoms with Gasteiger partial charge in [-0.05, 0) is 25.5 Å². The Balaban J connectivity index is 2.73. The Morgan fingerprint density at radius 3 is 2.59 bits per heavy atom. The van der Waals surface area contributed by atoms with Gasteiger partial charge in [0.1, 0.15) is 0 Å². The van der Waals surface area contributed by atoms with E-state index < -0.39 is 12.0 Å². The van der Waals surface area contributed by atoms with E-state index in [2.05, 4.69) is 5.32 Å². The van der Waals surface area contributed by atoms with E-state index >= 15 is 0 Å². The molecule has 1 amide bonds. The molecule has 0 spiro atoms. The second kappa shape index (κ2) is 5.79. The van der Waals surface area contributed by atoms with Gasteiger partial charge in [-0.2, -0.15) is 0 Å². The highest BCUT2D eigenvalue weighted by Crippen LogP contribution is 2.20. The summed E-state index contributed by atoms with van der Waals surface area (Å²) in [7, 11) is 1.39. The van der Waals surface area contributed by atoms with Gasteiger partial charge in [0.25, 0.3) is 5.91 Å². The van der Waals surface area contributed by atoms with E-state index in [4.69, 9.17) is 9.84 Å². The lowest BCUT2D eigenvalue weighted by Crippen LogP contribution is -2.43. The quantitative estimate of drug-likeness (QED) is 0.831. The van der Waals surface area contributed by atoms with Crippen molar-refractivity contribution in [3.05, 3.63) is 21.4 Å². The Morgan fingerprint density at radius 1 is 1.53 bits per heavy atom. The fourth-order valence-electron chi connectivity index (χ4n) is 1.26. The largest absolute Gasteiger partial charge is 0.480 e. The zero-order valence-electron chi connectivity index (χ0n) is 9.94. The summed E-state index contributed by atoms with van der Waals surface area (Å²) in [5.74, 6) is -1.49. The molecule has 0 saturated carbocycles. The Kier molecular flexibility index (Phi) is 4.65. The lowest BCUT2D eigenvalue weighted by Gasteiger charge is -2.12. The van der Waals surface area contributed by atoms with Crippen molar-refractivity contribution in [3.8, 4) is 0 Å². The first-order valence-electron chi connectivity index (χ1n) is 5.05. The lowest BCUT2D eigenvalue weighted by molar-refractivity contribution is -0.140. The Hall–Kier alpha value is -1.40. The maximum Gasteiger partial charge on any atom is 0.328 e. The van der Waals surface area contributed by atoms with Gasteiger partial charge in [-0.25, -0.2) is 4.79 Å². The second-order valence-electron chi connectivity index (χ2n) is 3.67. The summed E-state index contributed by atoms with van der Waals surface area (Å²) in [6.07, 6.45) is 0. The summed E-state index contributed by atoms with van der Waals surface area (Å²) in [5.41, 5.74) is 1.03. The van der Waals surface area contributed by atoms with Gasteiger partial charge < -0.3 is 15.2 Å². The second-order valence-corrected chi connectivity index (χ2v) is 4.93. The number of nitrogens with one attached hydrogen (secondary N) is 1. The van der Waals surface area contributed by atoms with Gasteiger partial charge in [-0.15, -0.1) is 11.3 Å². The van der Waals surface area contributed by atoms with Gasteiger partial charge in [0, 0.05) is 12.0 Å². The molecule has 1 unspecified atom stereocenters. The molecule has 1 aromatic heterocycles. The minimum Gasteiger partial charge on any atom is -0.480 e. The topological polar surface area (TPSA) is 75.6 Å². The molecule has 2 N–H and O–H groups in total. The van der Waals surface area contributed by atoms with Crippen LogP contribution in [-0.2, 0) is 9.53 Å². The Morgan fingerprint density at radius 2 is 2.18 bits per heavy atom. The highest BCUT2D eigenvalue weighted by molar-refractivity contribution is 7.14. The monoisotopic (exact) mass is 257 g/mol. The average molecular weight is 257 g/mol. The summed E-state index contributed by atoms with van der Waals surface area (Å²) in [6, 6.07) is 0.733. The van der Waals surface area contributed by atoms with Crippen LogP contribution in [-0.4, -0.2) is 36.7 Å². The molecule has 0 bridgehead atoms. The standard InChI is InChI=1S/C11H15NO4S/c1-6-4-9(17-7(6)2)10(13)12-8(5-16-3)11(14)15/h4,8H,5H2,1-3H3,(H,12,13)(H,14,15). The summed E-state index contributed by atoms with van der Waals surface area (Å²) in [4.78, 5) is 24.2. The molecule has 0 aromatic carbocycles. The molecule has 5 nitrogen and oxygen atoms in total. The van der Waals surface area contributed by atoms with Crippen molar-refractivity contribution in [2.75, 3.05) is 13.7 Å². The number of amides is 1. The molecule has 1 rings (SSSR count). The number of thiophene rings is 1. The molecule has 0 radical (unpaired) electrons. The number of ether oxygens (including phenoxy) is 1. The van der Waals surface area contributed by atoms with Gasteiger partial charge in [0.15, 0.2) is 6.04 Å². The molecule has 94 valence electrons. The number of methoxy groups -OCH3 is 1. The predicted molar refractivity (Wildman–Crippen MR) is 64.6 cm³/mol. The molecule has 0 aliphatic heterocycles. The number of aliphatic carboxylic acids is 1. The number of aryl methyl sites for hydroxylation is 2. The van der Waals surface area contributed by atoms with Gasteiger partial charge >= 0.3 is 5.97 Å².